The predicted molar refractivity (Wildman–Crippen MR) is 128 cm³/mol. The summed E-state index contributed by atoms with van der Waals surface area (Å²) in [6, 6.07) is 0.593. The third kappa shape index (κ3) is 2.95. The van der Waals surface area contributed by atoms with E-state index >= 15 is 0 Å². The van der Waals surface area contributed by atoms with Crippen LogP contribution in [0.4, 0.5) is 0 Å². The van der Waals surface area contributed by atoms with Crippen LogP contribution in [0.3, 0.4) is 0 Å². The molecule has 9 atom stereocenters. The number of fused-ring (bicyclic) bond motifs is 6. The molecule has 3 nitrogen and oxygen atoms in total. The van der Waals surface area contributed by atoms with Gasteiger partial charge >= 0.3 is 0 Å². The summed E-state index contributed by atoms with van der Waals surface area (Å²) in [5, 5.41) is 0. The van der Waals surface area contributed by atoms with Crippen molar-refractivity contribution < 1.29 is 9.53 Å². The van der Waals surface area contributed by atoms with Gasteiger partial charge in [0.1, 0.15) is 0 Å². The third-order valence-corrected chi connectivity index (χ3v) is 11.3. The lowest BCUT2D eigenvalue weighted by Crippen LogP contribution is -2.49. The fraction of sp³-hybridized carbons (Fsp3) is 0.828. The summed E-state index contributed by atoms with van der Waals surface area (Å²) in [5.41, 5.74) is 5.24. The van der Waals surface area contributed by atoms with Crippen LogP contribution < -0.4 is 0 Å². The standard InChI is InChI=1S/C29H43NO2/c1-17-12-26-27(30(5)16-17)19(3)29(32-26)11-9-22-23-7-6-20-13-21(31)8-10-28(20,4)25(23)14-24(22)18(2)15-29/h13,17,19,22-23,25-27H,6-12,14-16H2,1-5H3/t17?,19-,22?,23?,25?,26-,27?,28?,29?/m1/s1. The lowest BCUT2D eigenvalue weighted by Gasteiger charge is -2.48. The van der Waals surface area contributed by atoms with Crippen molar-refractivity contribution in [3.8, 4) is 0 Å². The Bertz CT molecular complexity index is 888. The van der Waals surface area contributed by atoms with E-state index in [2.05, 4.69) is 39.6 Å². The highest BCUT2D eigenvalue weighted by molar-refractivity contribution is 5.91. The van der Waals surface area contributed by atoms with E-state index in [0.717, 1.165) is 49.4 Å². The van der Waals surface area contributed by atoms with Crippen molar-refractivity contribution >= 4 is 5.78 Å². The zero-order valence-electron chi connectivity index (χ0n) is 21.0. The highest BCUT2D eigenvalue weighted by Gasteiger charge is 2.59. The zero-order chi connectivity index (χ0) is 22.4. The topological polar surface area (TPSA) is 29.5 Å². The van der Waals surface area contributed by atoms with E-state index in [1.165, 1.54) is 44.2 Å². The Hall–Kier alpha value is -0.930. The van der Waals surface area contributed by atoms with Crippen molar-refractivity contribution in [3.05, 3.63) is 22.8 Å². The Kier molecular flexibility index (Phi) is 4.91. The summed E-state index contributed by atoms with van der Waals surface area (Å²) >= 11 is 0. The molecule has 6 aliphatic rings. The minimum absolute atomic E-state index is 0.0471. The number of likely N-dealkylation sites (N-methyl/N-ethyl adjacent to an activating group) is 1. The maximum atomic E-state index is 12.1. The number of ether oxygens (including phenoxy) is 1. The van der Waals surface area contributed by atoms with Crippen LogP contribution in [0.5, 0.6) is 0 Å². The molecule has 176 valence electrons. The SMILES string of the molecule is CC1=C2CC3C(CCC4=CC(=O)CCC43C)C2CCC2(C1)O[C@@H]1CC(C)CN(C)C1[C@H]2C. The van der Waals surface area contributed by atoms with Gasteiger partial charge in [0, 0.05) is 24.9 Å². The number of nitrogens with zero attached hydrogens (tertiary/aromatic N) is 1. The average Bonchev–Trinajstić information content (AvgIpc) is 3.19. The van der Waals surface area contributed by atoms with Gasteiger partial charge in [-0.15, -0.1) is 0 Å². The van der Waals surface area contributed by atoms with Crippen LogP contribution in [0.15, 0.2) is 22.8 Å². The van der Waals surface area contributed by atoms with Gasteiger partial charge in [0.15, 0.2) is 5.78 Å². The molecule has 6 rings (SSSR count). The smallest absolute Gasteiger partial charge is 0.155 e. The van der Waals surface area contributed by atoms with E-state index in [-0.39, 0.29) is 11.0 Å². The second-order valence-corrected chi connectivity index (χ2v) is 13.0. The first-order valence-corrected chi connectivity index (χ1v) is 13.5. The van der Waals surface area contributed by atoms with Crippen LogP contribution in [0.1, 0.15) is 85.5 Å². The molecule has 3 heteroatoms. The maximum absolute atomic E-state index is 12.1. The summed E-state index contributed by atoms with van der Waals surface area (Å²) in [7, 11) is 2.33. The molecule has 7 unspecified atom stereocenters. The zero-order valence-corrected chi connectivity index (χ0v) is 21.0. The lowest BCUT2D eigenvalue weighted by atomic mass is 9.56. The largest absolute Gasteiger partial charge is 0.369 e. The summed E-state index contributed by atoms with van der Waals surface area (Å²) in [5.74, 6) is 4.03. The molecule has 0 aromatic heterocycles. The Labute approximate surface area is 195 Å². The first-order chi connectivity index (χ1) is 15.2. The Morgan fingerprint density at radius 2 is 1.97 bits per heavy atom. The van der Waals surface area contributed by atoms with E-state index < -0.39 is 0 Å². The van der Waals surface area contributed by atoms with Crippen LogP contribution in [0, 0.1) is 35.0 Å². The molecule has 0 N–H and O–H groups in total. The van der Waals surface area contributed by atoms with E-state index in [9.17, 15) is 4.79 Å². The summed E-state index contributed by atoms with van der Waals surface area (Å²) in [6.45, 7) is 11.0. The van der Waals surface area contributed by atoms with Gasteiger partial charge in [0.2, 0.25) is 0 Å². The average molecular weight is 438 g/mol. The van der Waals surface area contributed by atoms with Crippen molar-refractivity contribution in [2.75, 3.05) is 13.6 Å². The minimum Gasteiger partial charge on any atom is -0.369 e. The molecular weight excluding hydrogens is 394 g/mol. The molecule has 2 aliphatic heterocycles. The number of allylic oxidation sites excluding steroid dienone is 3. The molecule has 0 aromatic carbocycles. The molecular formula is C29H43NO2. The molecule has 2 saturated heterocycles. The highest BCUT2D eigenvalue weighted by atomic mass is 16.5. The third-order valence-electron chi connectivity index (χ3n) is 11.3. The second-order valence-electron chi connectivity index (χ2n) is 13.0. The van der Waals surface area contributed by atoms with Gasteiger partial charge in [0.05, 0.1) is 11.7 Å². The Morgan fingerprint density at radius 3 is 2.78 bits per heavy atom. The van der Waals surface area contributed by atoms with Crippen LogP contribution in [0.25, 0.3) is 0 Å². The normalized spacial score (nSPS) is 51.1. The molecule has 0 bridgehead atoms. The molecule has 0 radical (unpaired) electrons. The fourth-order valence-corrected chi connectivity index (χ4v) is 9.72. The van der Waals surface area contributed by atoms with Crippen LogP contribution >= 0.6 is 0 Å². The van der Waals surface area contributed by atoms with Gasteiger partial charge in [-0.3, -0.25) is 4.79 Å². The van der Waals surface area contributed by atoms with E-state index in [0.29, 0.717) is 23.8 Å². The monoisotopic (exact) mass is 437 g/mol. The minimum atomic E-state index is 0.0471. The van der Waals surface area contributed by atoms with Crippen LogP contribution in [-0.4, -0.2) is 42.0 Å². The summed E-state index contributed by atoms with van der Waals surface area (Å²) < 4.78 is 7.09. The van der Waals surface area contributed by atoms with Crippen molar-refractivity contribution in [3.63, 3.8) is 0 Å². The van der Waals surface area contributed by atoms with Crippen molar-refractivity contribution in [2.45, 2.75) is 103 Å². The number of carbonyl (C=O) groups excluding carboxylic acids is 1. The van der Waals surface area contributed by atoms with Crippen LogP contribution in [-0.2, 0) is 9.53 Å². The van der Waals surface area contributed by atoms with Gasteiger partial charge in [0.25, 0.3) is 0 Å². The van der Waals surface area contributed by atoms with Crippen molar-refractivity contribution in [1.29, 1.82) is 0 Å². The molecule has 0 amide bonds. The molecule has 32 heavy (non-hydrogen) atoms. The van der Waals surface area contributed by atoms with Crippen molar-refractivity contribution in [2.24, 2.45) is 35.0 Å². The Morgan fingerprint density at radius 1 is 1.16 bits per heavy atom. The van der Waals surface area contributed by atoms with E-state index in [1.807, 2.05) is 6.08 Å². The van der Waals surface area contributed by atoms with Crippen molar-refractivity contribution in [1.82, 2.24) is 4.90 Å². The van der Waals surface area contributed by atoms with E-state index in [4.69, 9.17) is 4.74 Å². The molecule has 4 aliphatic carbocycles. The Balaban J connectivity index is 1.30. The summed E-state index contributed by atoms with van der Waals surface area (Å²) in [6.07, 6.45) is 12.9. The number of carbonyl (C=O) groups is 1. The van der Waals surface area contributed by atoms with Gasteiger partial charge in [-0.1, -0.05) is 37.5 Å². The van der Waals surface area contributed by atoms with Gasteiger partial charge < -0.3 is 9.64 Å². The highest BCUT2D eigenvalue weighted by Crippen LogP contribution is 2.64. The molecule has 0 aromatic rings. The fourth-order valence-electron chi connectivity index (χ4n) is 9.72. The number of likely N-dealkylation sites (tertiary alicyclic amines) is 1. The number of ketones is 1. The first-order valence-electron chi connectivity index (χ1n) is 13.5. The summed E-state index contributed by atoms with van der Waals surface area (Å²) in [4.78, 5) is 14.7. The first kappa shape index (κ1) is 21.6. The number of hydrogen-bond donors (Lipinski definition) is 0. The number of piperidine rings is 1. The van der Waals surface area contributed by atoms with Gasteiger partial charge in [-0.2, -0.15) is 0 Å². The van der Waals surface area contributed by atoms with Gasteiger partial charge in [-0.05, 0) is 101 Å². The second kappa shape index (κ2) is 7.28. The predicted octanol–water partition coefficient (Wildman–Crippen LogP) is 5.94. The maximum Gasteiger partial charge on any atom is 0.155 e. The molecule has 2 saturated carbocycles. The molecule has 4 fully saturated rings. The number of hydrogen-bond acceptors (Lipinski definition) is 3. The van der Waals surface area contributed by atoms with E-state index in [1.54, 1.807) is 11.1 Å². The lowest BCUT2D eigenvalue weighted by molar-refractivity contribution is -0.116. The van der Waals surface area contributed by atoms with Gasteiger partial charge in [-0.25, -0.2) is 0 Å². The quantitative estimate of drug-likeness (QED) is 0.439. The molecule has 2 heterocycles. The number of rotatable bonds is 0. The van der Waals surface area contributed by atoms with Crippen LogP contribution in [0.2, 0.25) is 0 Å². The molecule has 1 spiro atoms.